The highest BCUT2D eigenvalue weighted by Crippen LogP contribution is 2.56. The molecule has 32 heavy (non-hydrogen) atoms. The molecular formula is C26H23F2N3O. The fraction of sp³-hybridized carbons (Fsp3) is 0.346. The van der Waals surface area contributed by atoms with Crippen molar-refractivity contribution in [2.24, 2.45) is 11.8 Å². The van der Waals surface area contributed by atoms with Crippen LogP contribution in [-0.2, 0) is 4.79 Å². The van der Waals surface area contributed by atoms with Gasteiger partial charge in [-0.25, -0.2) is 13.8 Å². The van der Waals surface area contributed by atoms with Gasteiger partial charge in [0.05, 0.1) is 23.8 Å². The molecule has 4 atom stereocenters. The summed E-state index contributed by atoms with van der Waals surface area (Å²) >= 11 is 0. The highest BCUT2D eigenvalue weighted by Gasteiger charge is 2.51. The number of hydrogen-bond acceptors (Lipinski definition) is 3. The second-order valence-electron chi connectivity index (χ2n) is 9.11. The van der Waals surface area contributed by atoms with Crippen molar-refractivity contribution in [2.75, 3.05) is 5.32 Å². The fourth-order valence-corrected chi connectivity index (χ4v) is 5.68. The summed E-state index contributed by atoms with van der Waals surface area (Å²) in [5.41, 5.74) is 1.36. The van der Waals surface area contributed by atoms with Gasteiger partial charge in [0.2, 0.25) is 5.91 Å². The Bertz CT molecular complexity index is 1200. The summed E-state index contributed by atoms with van der Waals surface area (Å²) in [5.74, 6) is 2.51. The number of halogens is 2. The van der Waals surface area contributed by atoms with E-state index in [-0.39, 0.29) is 35.9 Å². The van der Waals surface area contributed by atoms with Crippen LogP contribution in [0.3, 0.4) is 0 Å². The van der Waals surface area contributed by atoms with Gasteiger partial charge in [0.25, 0.3) is 0 Å². The number of fused-ring (bicyclic) bond motifs is 2. The first-order valence-electron chi connectivity index (χ1n) is 10.9. The molecule has 0 bridgehead atoms. The maximum Gasteiger partial charge on any atom is 0.227 e. The van der Waals surface area contributed by atoms with Crippen molar-refractivity contribution < 1.29 is 13.6 Å². The minimum absolute atomic E-state index is 0.162. The minimum atomic E-state index is -1.50. The number of pyridine rings is 2. The summed E-state index contributed by atoms with van der Waals surface area (Å²) in [7, 11) is 0. The number of alkyl halides is 1. The van der Waals surface area contributed by atoms with Crippen molar-refractivity contribution in [3.8, 4) is 12.3 Å². The van der Waals surface area contributed by atoms with Crippen LogP contribution >= 0.6 is 0 Å². The first-order chi connectivity index (χ1) is 15.4. The van der Waals surface area contributed by atoms with E-state index in [0.717, 1.165) is 29.3 Å². The minimum Gasteiger partial charge on any atom is -0.325 e. The van der Waals surface area contributed by atoms with E-state index in [1.165, 1.54) is 12.3 Å². The first-order valence-corrected chi connectivity index (χ1v) is 10.9. The SMILES string of the molecule is C#Cc1ccc(NC(=O)CC2(F)CC3CC(c4ccnc5ccc(F)cc45)C[C@H]3C2)cn1. The molecule has 2 fully saturated rings. The highest BCUT2D eigenvalue weighted by molar-refractivity contribution is 5.91. The molecule has 2 heterocycles. The molecule has 0 spiro atoms. The maximum atomic E-state index is 15.6. The molecule has 2 aromatic heterocycles. The maximum absolute atomic E-state index is 15.6. The van der Waals surface area contributed by atoms with E-state index in [0.29, 0.717) is 24.2 Å². The lowest BCUT2D eigenvalue weighted by atomic mass is 9.88. The van der Waals surface area contributed by atoms with Crippen LogP contribution in [0.25, 0.3) is 10.9 Å². The van der Waals surface area contributed by atoms with Crippen LogP contribution in [0, 0.1) is 30.0 Å². The second-order valence-corrected chi connectivity index (χ2v) is 9.11. The Labute approximate surface area is 185 Å². The van der Waals surface area contributed by atoms with Gasteiger partial charge in [-0.05, 0) is 85.4 Å². The summed E-state index contributed by atoms with van der Waals surface area (Å²) in [4.78, 5) is 20.8. The summed E-state index contributed by atoms with van der Waals surface area (Å²) in [6.45, 7) is 0. The number of carbonyl (C=O) groups excluding carboxylic acids is 1. The van der Waals surface area contributed by atoms with Gasteiger partial charge in [0.15, 0.2) is 0 Å². The molecule has 2 aliphatic rings. The van der Waals surface area contributed by atoms with Crippen molar-refractivity contribution >= 4 is 22.5 Å². The molecule has 162 valence electrons. The zero-order valence-electron chi connectivity index (χ0n) is 17.5. The third-order valence-corrected chi connectivity index (χ3v) is 6.95. The Hall–Kier alpha value is -3.33. The molecule has 0 aliphatic heterocycles. The van der Waals surface area contributed by atoms with Crippen molar-refractivity contribution in [1.29, 1.82) is 0 Å². The van der Waals surface area contributed by atoms with Crippen LogP contribution in [0.4, 0.5) is 14.5 Å². The van der Waals surface area contributed by atoms with Gasteiger partial charge >= 0.3 is 0 Å². The van der Waals surface area contributed by atoms with Crippen molar-refractivity contribution in [1.82, 2.24) is 9.97 Å². The molecule has 5 rings (SSSR count). The average molecular weight is 431 g/mol. The molecule has 2 aliphatic carbocycles. The van der Waals surface area contributed by atoms with Crippen LogP contribution in [0.15, 0.2) is 48.8 Å². The van der Waals surface area contributed by atoms with Crippen molar-refractivity contribution in [3.05, 3.63) is 65.9 Å². The van der Waals surface area contributed by atoms with E-state index >= 15 is 4.39 Å². The number of hydrogen-bond donors (Lipinski definition) is 1. The molecule has 6 heteroatoms. The number of terminal acetylenes is 1. The molecular weight excluding hydrogens is 408 g/mol. The van der Waals surface area contributed by atoms with E-state index in [1.807, 2.05) is 6.07 Å². The first kappa shape index (κ1) is 20.6. The molecule has 0 radical (unpaired) electrons. The largest absolute Gasteiger partial charge is 0.325 e. The van der Waals surface area contributed by atoms with E-state index in [2.05, 4.69) is 21.2 Å². The number of aromatic nitrogens is 2. The second kappa shape index (κ2) is 7.98. The van der Waals surface area contributed by atoms with E-state index < -0.39 is 5.67 Å². The Morgan fingerprint density at radius 3 is 2.62 bits per heavy atom. The molecule has 4 nitrogen and oxygen atoms in total. The lowest BCUT2D eigenvalue weighted by Crippen LogP contribution is -2.28. The molecule has 0 saturated heterocycles. The van der Waals surface area contributed by atoms with Crippen LogP contribution in [-0.4, -0.2) is 21.5 Å². The Morgan fingerprint density at radius 1 is 1.16 bits per heavy atom. The van der Waals surface area contributed by atoms with Gasteiger partial charge in [-0.2, -0.15) is 0 Å². The van der Waals surface area contributed by atoms with Crippen molar-refractivity contribution in [2.45, 2.75) is 43.7 Å². The van der Waals surface area contributed by atoms with E-state index in [9.17, 15) is 9.18 Å². The fourth-order valence-electron chi connectivity index (χ4n) is 5.68. The monoisotopic (exact) mass is 431 g/mol. The number of nitrogens with zero attached hydrogens (tertiary/aromatic N) is 2. The van der Waals surface area contributed by atoms with Gasteiger partial charge in [0.1, 0.15) is 17.2 Å². The normalized spacial score (nSPS) is 26.6. The topological polar surface area (TPSA) is 54.9 Å². The van der Waals surface area contributed by atoms with Crippen LogP contribution < -0.4 is 5.32 Å². The zero-order chi connectivity index (χ0) is 22.3. The smallest absolute Gasteiger partial charge is 0.227 e. The number of nitrogens with one attached hydrogen (secondary N) is 1. The quantitative estimate of drug-likeness (QED) is 0.564. The Balaban J connectivity index is 1.24. The van der Waals surface area contributed by atoms with Crippen LogP contribution in [0.5, 0.6) is 0 Å². The Kier molecular flexibility index (Phi) is 5.13. The number of rotatable bonds is 4. The van der Waals surface area contributed by atoms with Gasteiger partial charge in [-0.1, -0.05) is 5.92 Å². The molecule has 1 N–H and O–H groups in total. The number of anilines is 1. The average Bonchev–Trinajstić information content (AvgIpc) is 3.28. The summed E-state index contributed by atoms with van der Waals surface area (Å²) in [6.07, 6.45) is 10.8. The lowest BCUT2D eigenvalue weighted by Gasteiger charge is -2.22. The van der Waals surface area contributed by atoms with Crippen LogP contribution in [0.1, 0.15) is 49.3 Å². The van der Waals surface area contributed by atoms with Crippen LogP contribution in [0.2, 0.25) is 0 Å². The standard InChI is InChI=1S/C26H23F2N3O/c1-2-20-4-5-21(15-30-20)31-25(32)14-26(28)12-17-9-16(10-18(17)13-26)22-7-8-29-24-6-3-19(27)11-23(22)24/h1,3-8,11,15-18H,9-10,12-14H2,(H,31,32)/t16?,17-,18?,26?/m0/s1. The Morgan fingerprint density at radius 2 is 1.94 bits per heavy atom. The summed E-state index contributed by atoms with van der Waals surface area (Å²) in [6, 6.07) is 9.93. The number of amides is 1. The van der Waals surface area contributed by atoms with Gasteiger partial charge in [-0.15, -0.1) is 6.42 Å². The predicted molar refractivity (Wildman–Crippen MR) is 119 cm³/mol. The van der Waals surface area contributed by atoms with Gasteiger partial charge in [-0.3, -0.25) is 9.78 Å². The molecule has 2 saturated carbocycles. The van der Waals surface area contributed by atoms with E-state index in [1.54, 1.807) is 30.5 Å². The van der Waals surface area contributed by atoms with Crippen molar-refractivity contribution in [3.63, 3.8) is 0 Å². The number of carbonyl (C=O) groups is 1. The lowest BCUT2D eigenvalue weighted by molar-refractivity contribution is -0.118. The summed E-state index contributed by atoms with van der Waals surface area (Å²) in [5, 5.41) is 3.56. The molecule has 3 unspecified atom stereocenters. The van der Waals surface area contributed by atoms with E-state index in [4.69, 9.17) is 6.42 Å². The van der Waals surface area contributed by atoms with Gasteiger partial charge in [0, 0.05) is 11.6 Å². The van der Waals surface area contributed by atoms with Gasteiger partial charge < -0.3 is 5.32 Å². The third-order valence-electron chi connectivity index (χ3n) is 6.95. The third kappa shape index (κ3) is 3.95. The number of benzene rings is 1. The summed E-state index contributed by atoms with van der Waals surface area (Å²) < 4.78 is 29.4. The molecule has 1 aromatic carbocycles. The molecule has 1 amide bonds. The predicted octanol–water partition coefficient (Wildman–Crippen LogP) is 5.39. The highest BCUT2D eigenvalue weighted by atomic mass is 19.1. The molecule has 3 aromatic rings. The zero-order valence-corrected chi connectivity index (χ0v) is 17.5.